The van der Waals surface area contributed by atoms with Crippen molar-refractivity contribution in [3.05, 3.63) is 47.0 Å². The van der Waals surface area contributed by atoms with Crippen molar-refractivity contribution in [1.29, 1.82) is 0 Å². The SMILES string of the molecule is Cc1cc2c(nc1C)Cc1ccncc1-2. The van der Waals surface area contributed by atoms with Crippen LogP contribution in [0.2, 0.25) is 0 Å². The summed E-state index contributed by atoms with van der Waals surface area (Å²) in [6, 6.07) is 4.31. The molecule has 2 heterocycles. The Hall–Kier alpha value is -1.70. The van der Waals surface area contributed by atoms with E-state index in [4.69, 9.17) is 0 Å². The van der Waals surface area contributed by atoms with Crippen LogP contribution in [0.5, 0.6) is 0 Å². The topological polar surface area (TPSA) is 25.8 Å². The summed E-state index contributed by atoms with van der Waals surface area (Å²) >= 11 is 0. The molecular weight excluding hydrogens is 184 g/mol. The summed E-state index contributed by atoms with van der Waals surface area (Å²) in [5.41, 5.74) is 7.45. The van der Waals surface area contributed by atoms with Gasteiger partial charge in [0.05, 0.1) is 5.69 Å². The van der Waals surface area contributed by atoms with E-state index in [1.165, 1.54) is 27.9 Å². The molecule has 2 aromatic heterocycles. The van der Waals surface area contributed by atoms with Gasteiger partial charge in [-0.25, -0.2) is 0 Å². The highest BCUT2D eigenvalue weighted by atomic mass is 14.7. The zero-order valence-corrected chi connectivity index (χ0v) is 8.91. The second-order valence-corrected chi connectivity index (χ2v) is 4.09. The molecule has 15 heavy (non-hydrogen) atoms. The fourth-order valence-electron chi connectivity index (χ4n) is 2.12. The van der Waals surface area contributed by atoms with Crippen molar-refractivity contribution in [1.82, 2.24) is 9.97 Å². The van der Waals surface area contributed by atoms with Gasteiger partial charge in [0.2, 0.25) is 0 Å². The molecule has 0 radical (unpaired) electrons. The third-order valence-electron chi connectivity index (χ3n) is 3.10. The Bertz CT molecular complexity index is 544. The van der Waals surface area contributed by atoms with Crippen LogP contribution in [0.1, 0.15) is 22.5 Å². The Morgan fingerprint density at radius 3 is 2.93 bits per heavy atom. The highest BCUT2D eigenvalue weighted by Crippen LogP contribution is 2.35. The molecule has 1 aliphatic rings. The molecule has 2 aromatic rings. The van der Waals surface area contributed by atoms with E-state index in [1.807, 2.05) is 12.4 Å². The number of aromatic nitrogens is 2. The lowest BCUT2D eigenvalue weighted by Gasteiger charge is -2.04. The van der Waals surface area contributed by atoms with Crippen LogP contribution in [0.25, 0.3) is 11.1 Å². The third kappa shape index (κ3) is 1.18. The minimum Gasteiger partial charge on any atom is -0.264 e. The van der Waals surface area contributed by atoms with Gasteiger partial charge in [0.1, 0.15) is 0 Å². The van der Waals surface area contributed by atoms with Crippen molar-refractivity contribution in [2.45, 2.75) is 20.3 Å². The van der Waals surface area contributed by atoms with E-state index in [1.54, 1.807) is 0 Å². The fraction of sp³-hybridized carbons (Fsp3) is 0.231. The van der Waals surface area contributed by atoms with Gasteiger partial charge in [-0.1, -0.05) is 0 Å². The minimum absolute atomic E-state index is 0.953. The Labute approximate surface area is 89.0 Å². The normalized spacial score (nSPS) is 12.4. The molecule has 0 spiro atoms. The Morgan fingerprint density at radius 1 is 1.20 bits per heavy atom. The number of hydrogen-bond donors (Lipinski definition) is 0. The fourth-order valence-corrected chi connectivity index (χ4v) is 2.12. The average molecular weight is 196 g/mol. The summed E-state index contributed by atoms with van der Waals surface area (Å²) in [5, 5.41) is 0. The van der Waals surface area contributed by atoms with Crippen LogP contribution < -0.4 is 0 Å². The molecule has 0 atom stereocenters. The maximum Gasteiger partial charge on any atom is 0.0529 e. The van der Waals surface area contributed by atoms with Crippen LogP contribution in [0.4, 0.5) is 0 Å². The summed E-state index contributed by atoms with van der Waals surface area (Å²) < 4.78 is 0. The lowest BCUT2D eigenvalue weighted by Crippen LogP contribution is -1.92. The molecule has 0 aliphatic heterocycles. The molecule has 74 valence electrons. The molecule has 0 N–H and O–H groups in total. The van der Waals surface area contributed by atoms with E-state index in [-0.39, 0.29) is 0 Å². The molecule has 2 heteroatoms. The van der Waals surface area contributed by atoms with E-state index in [0.717, 1.165) is 12.1 Å². The standard InChI is InChI=1S/C13H12N2/c1-8-5-11-12-7-14-4-3-10(12)6-13(11)15-9(8)2/h3-5,7H,6H2,1-2H3. The van der Waals surface area contributed by atoms with Gasteiger partial charge in [-0.15, -0.1) is 0 Å². The molecule has 0 unspecified atom stereocenters. The first-order chi connectivity index (χ1) is 7.25. The first-order valence-electron chi connectivity index (χ1n) is 5.16. The summed E-state index contributed by atoms with van der Waals surface area (Å²) in [4.78, 5) is 8.82. The van der Waals surface area contributed by atoms with E-state index < -0.39 is 0 Å². The van der Waals surface area contributed by atoms with E-state index in [0.29, 0.717) is 0 Å². The van der Waals surface area contributed by atoms with E-state index >= 15 is 0 Å². The van der Waals surface area contributed by atoms with E-state index in [9.17, 15) is 0 Å². The minimum atomic E-state index is 0.953. The summed E-state index contributed by atoms with van der Waals surface area (Å²) in [6.07, 6.45) is 4.75. The number of fused-ring (bicyclic) bond motifs is 3. The van der Waals surface area contributed by atoms with Gasteiger partial charge in [-0.3, -0.25) is 9.97 Å². The Kier molecular flexibility index (Phi) is 1.66. The van der Waals surface area contributed by atoms with Crippen LogP contribution in [0, 0.1) is 13.8 Å². The third-order valence-corrected chi connectivity index (χ3v) is 3.10. The molecule has 0 fully saturated rings. The second-order valence-electron chi connectivity index (χ2n) is 4.09. The Balaban J connectivity index is 2.29. The van der Waals surface area contributed by atoms with Crippen LogP contribution >= 0.6 is 0 Å². The van der Waals surface area contributed by atoms with Gasteiger partial charge in [0.15, 0.2) is 0 Å². The largest absolute Gasteiger partial charge is 0.264 e. The summed E-state index contributed by atoms with van der Waals surface area (Å²) in [7, 11) is 0. The average Bonchev–Trinajstić information content (AvgIpc) is 2.57. The van der Waals surface area contributed by atoms with Crippen LogP contribution in [0.3, 0.4) is 0 Å². The van der Waals surface area contributed by atoms with Gasteiger partial charge in [0.25, 0.3) is 0 Å². The van der Waals surface area contributed by atoms with Crippen molar-refractivity contribution in [3.63, 3.8) is 0 Å². The smallest absolute Gasteiger partial charge is 0.0529 e. The first-order valence-corrected chi connectivity index (χ1v) is 5.16. The summed E-state index contributed by atoms with van der Waals surface area (Å²) in [5.74, 6) is 0. The monoisotopic (exact) mass is 196 g/mol. The highest BCUT2D eigenvalue weighted by Gasteiger charge is 2.20. The quantitative estimate of drug-likeness (QED) is 0.552. The predicted molar refractivity (Wildman–Crippen MR) is 59.7 cm³/mol. The van der Waals surface area contributed by atoms with Crippen molar-refractivity contribution in [2.24, 2.45) is 0 Å². The molecule has 3 rings (SSSR count). The molecular formula is C13H12N2. The molecule has 0 bridgehead atoms. The van der Waals surface area contributed by atoms with Gasteiger partial charge >= 0.3 is 0 Å². The first kappa shape index (κ1) is 8.60. The maximum atomic E-state index is 4.64. The van der Waals surface area contributed by atoms with Crippen molar-refractivity contribution in [2.75, 3.05) is 0 Å². The molecule has 0 amide bonds. The lowest BCUT2D eigenvalue weighted by atomic mass is 10.1. The maximum absolute atomic E-state index is 4.64. The second kappa shape index (κ2) is 2.89. The number of aryl methyl sites for hydroxylation is 2. The summed E-state index contributed by atoms with van der Waals surface area (Å²) in [6.45, 7) is 4.17. The van der Waals surface area contributed by atoms with Gasteiger partial charge in [-0.2, -0.15) is 0 Å². The van der Waals surface area contributed by atoms with E-state index in [2.05, 4.69) is 35.9 Å². The van der Waals surface area contributed by atoms with Crippen LogP contribution in [-0.4, -0.2) is 9.97 Å². The predicted octanol–water partition coefficient (Wildman–Crippen LogP) is 2.66. The number of nitrogens with zero attached hydrogens (tertiary/aromatic N) is 2. The number of pyridine rings is 2. The number of rotatable bonds is 0. The van der Waals surface area contributed by atoms with Gasteiger partial charge < -0.3 is 0 Å². The van der Waals surface area contributed by atoms with Crippen LogP contribution in [0.15, 0.2) is 24.5 Å². The molecule has 0 saturated heterocycles. The van der Waals surface area contributed by atoms with Crippen molar-refractivity contribution in [3.8, 4) is 11.1 Å². The molecule has 1 aliphatic carbocycles. The Morgan fingerprint density at radius 2 is 2.07 bits per heavy atom. The zero-order chi connectivity index (χ0) is 10.4. The lowest BCUT2D eigenvalue weighted by molar-refractivity contribution is 1.05. The van der Waals surface area contributed by atoms with Gasteiger partial charge in [-0.05, 0) is 37.1 Å². The van der Waals surface area contributed by atoms with Crippen molar-refractivity contribution >= 4 is 0 Å². The van der Waals surface area contributed by atoms with Crippen molar-refractivity contribution < 1.29 is 0 Å². The highest BCUT2D eigenvalue weighted by molar-refractivity contribution is 5.75. The van der Waals surface area contributed by atoms with Gasteiger partial charge in [0, 0.05) is 35.6 Å². The molecule has 0 saturated carbocycles. The number of hydrogen-bond acceptors (Lipinski definition) is 2. The van der Waals surface area contributed by atoms with Crippen LogP contribution in [-0.2, 0) is 6.42 Å². The molecule has 0 aromatic carbocycles. The molecule has 2 nitrogen and oxygen atoms in total. The zero-order valence-electron chi connectivity index (χ0n) is 8.91.